The Balaban J connectivity index is 0.00000484. The zero-order chi connectivity index (χ0) is 29.4. The summed E-state index contributed by atoms with van der Waals surface area (Å²) in [5.74, 6) is 0.0322. The van der Waals surface area contributed by atoms with E-state index >= 15 is 0 Å². The SMILES string of the molecule is COc1cc(C(=O)N(CCCc2ccccc2)Cc2nc(C(=O)NS(=O)(=O)N3CCNCC3)cs2)cc(OC)c1C.Cl. The van der Waals surface area contributed by atoms with E-state index in [0.29, 0.717) is 48.1 Å². The van der Waals surface area contributed by atoms with Crippen LogP contribution in [-0.2, 0) is 23.2 Å². The Morgan fingerprint density at radius 1 is 1.10 bits per heavy atom. The number of piperazine rings is 1. The zero-order valence-corrected chi connectivity index (χ0v) is 26.2. The van der Waals surface area contributed by atoms with Gasteiger partial charge in [-0.3, -0.25) is 9.59 Å². The van der Waals surface area contributed by atoms with Crippen LogP contribution in [0.15, 0.2) is 47.8 Å². The molecule has 2 aromatic carbocycles. The van der Waals surface area contributed by atoms with E-state index in [0.717, 1.165) is 17.5 Å². The molecule has 2 N–H and O–H groups in total. The predicted molar refractivity (Wildman–Crippen MR) is 164 cm³/mol. The average Bonchev–Trinajstić information content (AvgIpc) is 3.46. The van der Waals surface area contributed by atoms with Crippen molar-refractivity contribution in [2.75, 3.05) is 46.9 Å². The van der Waals surface area contributed by atoms with Crippen molar-refractivity contribution in [1.82, 2.24) is 24.2 Å². The van der Waals surface area contributed by atoms with Crippen molar-refractivity contribution in [1.29, 1.82) is 0 Å². The number of hydrogen-bond acceptors (Lipinski definition) is 9. The topological polar surface area (TPSA) is 130 Å². The zero-order valence-electron chi connectivity index (χ0n) is 23.8. The minimum absolute atomic E-state index is 0. The summed E-state index contributed by atoms with van der Waals surface area (Å²) in [6.45, 7) is 4.03. The van der Waals surface area contributed by atoms with Crippen molar-refractivity contribution in [3.8, 4) is 11.5 Å². The summed E-state index contributed by atoms with van der Waals surface area (Å²) in [5.41, 5.74) is 2.34. The van der Waals surface area contributed by atoms with E-state index in [9.17, 15) is 18.0 Å². The highest BCUT2D eigenvalue weighted by atomic mass is 35.5. The lowest BCUT2D eigenvalue weighted by molar-refractivity contribution is 0.0740. The number of thiazole rings is 1. The van der Waals surface area contributed by atoms with Gasteiger partial charge in [0.25, 0.3) is 11.8 Å². The smallest absolute Gasteiger partial charge is 0.304 e. The van der Waals surface area contributed by atoms with Crippen molar-refractivity contribution in [2.24, 2.45) is 0 Å². The van der Waals surface area contributed by atoms with Crippen LogP contribution in [0.3, 0.4) is 0 Å². The molecular formula is C28H36ClN5O6S2. The van der Waals surface area contributed by atoms with E-state index in [1.165, 1.54) is 35.2 Å². The van der Waals surface area contributed by atoms with Crippen LogP contribution in [0, 0.1) is 6.92 Å². The third-order valence-electron chi connectivity index (χ3n) is 6.77. The van der Waals surface area contributed by atoms with Crippen LogP contribution in [0.4, 0.5) is 0 Å². The summed E-state index contributed by atoms with van der Waals surface area (Å²) in [6, 6.07) is 13.4. The number of carbonyl (C=O) groups excluding carboxylic acids is 2. The number of nitrogens with one attached hydrogen (secondary N) is 2. The maximum absolute atomic E-state index is 13.8. The Hall–Kier alpha value is -3.23. The molecule has 4 rings (SSSR count). The number of benzene rings is 2. The van der Waals surface area contributed by atoms with Gasteiger partial charge in [-0.05, 0) is 37.5 Å². The monoisotopic (exact) mass is 637 g/mol. The second kappa shape index (κ2) is 15.3. The van der Waals surface area contributed by atoms with Gasteiger partial charge in [0.1, 0.15) is 22.2 Å². The van der Waals surface area contributed by atoms with Crippen LogP contribution in [0.25, 0.3) is 0 Å². The van der Waals surface area contributed by atoms with Crippen LogP contribution in [0.1, 0.15) is 43.4 Å². The molecule has 0 aliphatic carbocycles. The van der Waals surface area contributed by atoms with Gasteiger partial charge in [-0.25, -0.2) is 9.71 Å². The van der Waals surface area contributed by atoms with E-state index in [1.807, 2.05) is 37.3 Å². The highest BCUT2D eigenvalue weighted by Crippen LogP contribution is 2.30. The minimum Gasteiger partial charge on any atom is -0.496 e. The summed E-state index contributed by atoms with van der Waals surface area (Å²) in [4.78, 5) is 32.6. The Morgan fingerprint density at radius 3 is 2.36 bits per heavy atom. The molecule has 11 nitrogen and oxygen atoms in total. The molecule has 2 amide bonds. The van der Waals surface area contributed by atoms with E-state index < -0.39 is 16.1 Å². The molecule has 0 bridgehead atoms. The van der Waals surface area contributed by atoms with E-state index in [1.54, 1.807) is 17.0 Å². The lowest BCUT2D eigenvalue weighted by Crippen LogP contribution is -2.51. The molecule has 0 spiro atoms. The van der Waals surface area contributed by atoms with Crippen LogP contribution in [-0.4, -0.2) is 81.4 Å². The number of methoxy groups -OCH3 is 2. The number of hydrogen-bond donors (Lipinski definition) is 2. The molecule has 1 saturated heterocycles. The highest BCUT2D eigenvalue weighted by Gasteiger charge is 2.27. The fourth-order valence-corrected chi connectivity index (χ4v) is 6.45. The lowest BCUT2D eigenvalue weighted by atomic mass is 10.1. The lowest BCUT2D eigenvalue weighted by Gasteiger charge is -2.26. The first-order chi connectivity index (χ1) is 19.7. The van der Waals surface area contributed by atoms with Gasteiger partial charge in [0, 0.05) is 49.2 Å². The second-order valence-electron chi connectivity index (χ2n) is 9.53. The summed E-state index contributed by atoms with van der Waals surface area (Å²) in [5, 5.41) is 5.09. The first kappa shape index (κ1) is 33.3. The number of nitrogens with zero attached hydrogens (tertiary/aromatic N) is 3. The number of rotatable bonds is 12. The van der Waals surface area contributed by atoms with Crippen LogP contribution in [0.2, 0.25) is 0 Å². The molecule has 0 saturated carbocycles. The molecule has 42 heavy (non-hydrogen) atoms. The molecule has 14 heteroatoms. The molecule has 3 aromatic rings. The molecular weight excluding hydrogens is 602 g/mol. The molecule has 1 fully saturated rings. The number of aromatic nitrogens is 1. The Bertz CT molecular complexity index is 1440. The van der Waals surface area contributed by atoms with Crippen molar-refractivity contribution in [3.63, 3.8) is 0 Å². The van der Waals surface area contributed by atoms with Gasteiger partial charge >= 0.3 is 10.2 Å². The van der Waals surface area contributed by atoms with Crippen molar-refractivity contribution < 1.29 is 27.5 Å². The Morgan fingerprint density at radius 2 is 1.74 bits per heavy atom. The number of halogens is 1. The van der Waals surface area contributed by atoms with Crippen LogP contribution < -0.4 is 19.5 Å². The van der Waals surface area contributed by atoms with Crippen molar-refractivity contribution in [3.05, 3.63) is 75.2 Å². The van der Waals surface area contributed by atoms with E-state index in [-0.39, 0.29) is 43.6 Å². The molecule has 1 aromatic heterocycles. The van der Waals surface area contributed by atoms with E-state index in [2.05, 4.69) is 15.0 Å². The summed E-state index contributed by atoms with van der Waals surface area (Å²) in [6.07, 6.45) is 1.48. The quantitative estimate of drug-likeness (QED) is 0.310. The Kier molecular flexibility index (Phi) is 12.1. The van der Waals surface area contributed by atoms with Gasteiger partial charge in [0.15, 0.2) is 0 Å². The number of ether oxygens (including phenoxy) is 2. The van der Waals surface area contributed by atoms with Crippen LogP contribution >= 0.6 is 23.7 Å². The van der Waals surface area contributed by atoms with Gasteiger partial charge in [-0.15, -0.1) is 23.7 Å². The van der Waals surface area contributed by atoms with Gasteiger partial charge in [0.05, 0.1) is 20.8 Å². The Labute approximate surface area is 256 Å². The maximum Gasteiger partial charge on any atom is 0.304 e. The van der Waals surface area contributed by atoms with Gasteiger partial charge < -0.3 is 19.7 Å². The number of aryl methyl sites for hydroxylation is 1. The van der Waals surface area contributed by atoms with Gasteiger partial charge in [-0.1, -0.05) is 30.3 Å². The van der Waals surface area contributed by atoms with Crippen molar-refractivity contribution >= 4 is 45.8 Å². The molecule has 2 heterocycles. The maximum atomic E-state index is 13.8. The summed E-state index contributed by atoms with van der Waals surface area (Å²) in [7, 11) is -0.899. The third kappa shape index (κ3) is 8.42. The van der Waals surface area contributed by atoms with E-state index in [4.69, 9.17) is 9.47 Å². The number of carbonyl (C=O) groups is 2. The molecule has 0 radical (unpaired) electrons. The average molecular weight is 638 g/mol. The molecule has 0 unspecified atom stereocenters. The number of amides is 2. The van der Waals surface area contributed by atoms with Crippen molar-refractivity contribution in [2.45, 2.75) is 26.3 Å². The second-order valence-corrected chi connectivity index (χ2v) is 12.1. The fourth-order valence-electron chi connectivity index (χ4n) is 4.53. The molecule has 1 aliphatic heterocycles. The normalized spacial score (nSPS) is 13.6. The third-order valence-corrected chi connectivity index (χ3v) is 9.09. The fraction of sp³-hybridized carbons (Fsp3) is 0.393. The molecule has 228 valence electrons. The first-order valence-electron chi connectivity index (χ1n) is 13.2. The van der Waals surface area contributed by atoms with Gasteiger partial charge in [-0.2, -0.15) is 12.7 Å². The van der Waals surface area contributed by atoms with Gasteiger partial charge in [0.2, 0.25) is 0 Å². The predicted octanol–water partition coefficient (Wildman–Crippen LogP) is 3.05. The first-order valence-corrected chi connectivity index (χ1v) is 15.6. The standard InChI is InChI=1S/C28H35N5O6S2.ClH/c1-20-24(38-2)16-22(17-25(20)39-3)28(35)32(13-7-10-21-8-5-4-6-9-21)18-26-30-23(19-40-26)27(34)31-41(36,37)33-14-11-29-12-15-33;/h4-6,8-9,16-17,19,29H,7,10-15,18H2,1-3H3,(H,31,34);1H. The summed E-state index contributed by atoms with van der Waals surface area (Å²) < 4.78 is 39.5. The minimum atomic E-state index is -3.98. The molecule has 0 atom stereocenters. The van der Waals surface area contributed by atoms with Crippen LogP contribution in [0.5, 0.6) is 11.5 Å². The largest absolute Gasteiger partial charge is 0.496 e. The molecule has 1 aliphatic rings. The summed E-state index contributed by atoms with van der Waals surface area (Å²) >= 11 is 1.19. The highest BCUT2D eigenvalue weighted by molar-refractivity contribution is 7.87.